The van der Waals surface area contributed by atoms with Crippen LogP contribution in [0.2, 0.25) is 0 Å². The van der Waals surface area contributed by atoms with Gasteiger partial charge in [-0.1, -0.05) is 0 Å². The molecular formula is C18H21N5O4S. The molecule has 1 aromatic rings. The van der Waals surface area contributed by atoms with Crippen LogP contribution in [0.15, 0.2) is 46.7 Å². The second kappa shape index (κ2) is 7.72. The molecule has 0 saturated carbocycles. The van der Waals surface area contributed by atoms with Gasteiger partial charge in [-0.25, -0.2) is 13.4 Å². The zero-order valence-corrected chi connectivity index (χ0v) is 16.1. The van der Waals surface area contributed by atoms with E-state index in [-0.39, 0.29) is 18.2 Å². The molecule has 0 aromatic carbocycles. The Kier molecular flexibility index (Phi) is 5.14. The number of carbonyl (C=O) groups is 1. The van der Waals surface area contributed by atoms with Gasteiger partial charge >= 0.3 is 0 Å². The van der Waals surface area contributed by atoms with E-state index in [1.807, 2.05) is 12.1 Å². The van der Waals surface area contributed by atoms with Crippen molar-refractivity contribution in [2.75, 3.05) is 43.5 Å². The second-order valence-corrected chi connectivity index (χ2v) is 8.41. The monoisotopic (exact) mass is 403 g/mol. The van der Waals surface area contributed by atoms with Crippen LogP contribution in [0.3, 0.4) is 0 Å². The van der Waals surface area contributed by atoms with Crippen LogP contribution in [0.5, 0.6) is 0 Å². The normalized spacial score (nSPS) is 20.9. The predicted octanol–water partition coefficient (Wildman–Crippen LogP) is 0.0320. The van der Waals surface area contributed by atoms with Crippen molar-refractivity contribution in [1.29, 1.82) is 0 Å². The number of aromatic nitrogens is 1. The van der Waals surface area contributed by atoms with Crippen molar-refractivity contribution in [2.24, 2.45) is 4.40 Å². The molecule has 10 heteroatoms. The maximum Gasteiger partial charge on any atom is 0.256 e. The van der Waals surface area contributed by atoms with Crippen LogP contribution >= 0.6 is 0 Å². The van der Waals surface area contributed by atoms with Crippen molar-refractivity contribution in [3.8, 4) is 0 Å². The third kappa shape index (κ3) is 4.23. The minimum Gasteiger partial charge on any atom is -0.378 e. The van der Waals surface area contributed by atoms with Crippen LogP contribution in [0.25, 0.3) is 0 Å². The standard InChI is InChI=1S/C18H21N5O4S/c24-18(15-1-2-16-21-28(25,26)10-7-23(16)13-15)20-12-14-3-4-19-17(11-14)22-5-8-27-9-6-22/h1-4,11,13H,5-10,12H2,(H,20,24). The van der Waals surface area contributed by atoms with Crippen LogP contribution in [-0.2, 0) is 26.1 Å². The summed E-state index contributed by atoms with van der Waals surface area (Å²) in [4.78, 5) is 20.7. The third-order valence-corrected chi connectivity index (χ3v) is 5.85. The van der Waals surface area contributed by atoms with Gasteiger partial charge in [0.2, 0.25) is 0 Å². The molecule has 0 bridgehead atoms. The number of rotatable bonds is 4. The molecule has 9 nitrogen and oxygen atoms in total. The molecule has 0 unspecified atom stereocenters. The van der Waals surface area contributed by atoms with E-state index in [0.29, 0.717) is 31.2 Å². The molecule has 1 aromatic heterocycles. The molecule has 3 aliphatic rings. The molecule has 0 radical (unpaired) electrons. The average molecular weight is 403 g/mol. The Labute approximate surface area is 163 Å². The Balaban J connectivity index is 1.39. The van der Waals surface area contributed by atoms with Crippen molar-refractivity contribution in [2.45, 2.75) is 6.54 Å². The maximum absolute atomic E-state index is 12.5. The summed E-state index contributed by atoms with van der Waals surface area (Å²) in [5.41, 5.74) is 1.41. The van der Waals surface area contributed by atoms with E-state index in [4.69, 9.17) is 4.74 Å². The zero-order valence-electron chi connectivity index (χ0n) is 15.2. The van der Waals surface area contributed by atoms with Crippen molar-refractivity contribution < 1.29 is 17.9 Å². The van der Waals surface area contributed by atoms with E-state index < -0.39 is 10.0 Å². The van der Waals surface area contributed by atoms with Crippen molar-refractivity contribution in [1.82, 2.24) is 15.2 Å². The first-order chi connectivity index (χ1) is 13.5. The van der Waals surface area contributed by atoms with E-state index in [2.05, 4.69) is 19.6 Å². The number of fused-ring (bicyclic) bond motifs is 1. The molecule has 0 spiro atoms. The summed E-state index contributed by atoms with van der Waals surface area (Å²) in [5, 5.41) is 2.90. The minimum absolute atomic E-state index is 0.0585. The number of carbonyl (C=O) groups excluding carboxylic acids is 1. The van der Waals surface area contributed by atoms with Crippen molar-refractivity contribution in [3.63, 3.8) is 0 Å². The highest BCUT2D eigenvalue weighted by Gasteiger charge is 2.25. The Bertz CT molecular complexity index is 964. The molecule has 3 aliphatic heterocycles. The molecule has 0 aliphatic carbocycles. The van der Waals surface area contributed by atoms with Gasteiger partial charge in [-0.05, 0) is 29.8 Å². The Morgan fingerprint density at radius 2 is 2.04 bits per heavy atom. The number of morpholine rings is 1. The average Bonchev–Trinajstić information content (AvgIpc) is 2.72. The van der Waals surface area contributed by atoms with Gasteiger partial charge in [-0.3, -0.25) is 4.79 Å². The SMILES string of the molecule is O=C(NCc1ccnc(N2CCOCC2)c1)C1=CN2CCS(=O)(=O)N=C2C=C1. The molecule has 1 saturated heterocycles. The molecule has 4 heterocycles. The van der Waals surface area contributed by atoms with Crippen molar-refractivity contribution >= 4 is 27.6 Å². The third-order valence-electron chi connectivity index (χ3n) is 4.68. The number of hydrogen-bond donors (Lipinski definition) is 1. The predicted molar refractivity (Wildman–Crippen MR) is 104 cm³/mol. The highest BCUT2D eigenvalue weighted by atomic mass is 32.2. The van der Waals surface area contributed by atoms with Gasteiger partial charge < -0.3 is 19.9 Å². The number of pyridine rings is 1. The first-order valence-electron chi connectivity index (χ1n) is 9.05. The number of amidine groups is 1. The summed E-state index contributed by atoms with van der Waals surface area (Å²) in [6, 6.07) is 3.84. The molecule has 148 valence electrons. The van der Waals surface area contributed by atoms with Crippen LogP contribution < -0.4 is 10.2 Å². The lowest BCUT2D eigenvalue weighted by Gasteiger charge is -2.28. The minimum atomic E-state index is -3.40. The van der Waals surface area contributed by atoms with E-state index >= 15 is 0 Å². The van der Waals surface area contributed by atoms with E-state index in [1.54, 1.807) is 29.4 Å². The van der Waals surface area contributed by atoms with Gasteiger partial charge in [-0.2, -0.15) is 0 Å². The highest BCUT2D eigenvalue weighted by molar-refractivity contribution is 7.90. The first kappa shape index (κ1) is 18.6. The molecule has 4 rings (SSSR count). The van der Waals surface area contributed by atoms with Crippen LogP contribution in [-0.4, -0.2) is 68.6 Å². The van der Waals surface area contributed by atoms with E-state index in [1.165, 1.54) is 0 Å². The summed E-state index contributed by atoms with van der Waals surface area (Å²) in [6.45, 7) is 3.64. The van der Waals surface area contributed by atoms with Crippen LogP contribution in [0.4, 0.5) is 5.82 Å². The van der Waals surface area contributed by atoms with Gasteiger partial charge in [0.05, 0.1) is 24.5 Å². The fourth-order valence-electron chi connectivity index (χ4n) is 3.16. The molecule has 1 N–H and O–H groups in total. The second-order valence-electron chi connectivity index (χ2n) is 6.65. The number of ether oxygens (including phenoxy) is 1. The smallest absolute Gasteiger partial charge is 0.256 e. The summed E-state index contributed by atoms with van der Waals surface area (Å²) < 4.78 is 32.2. The van der Waals surface area contributed by atoms with E-state index in [0.717, 1.165) is 24.5 Å². The largest absolute Gasteiger partial charge is 0.378 e. The fraction of sp³-hybridized carbons (Fsp3) is 0.389. The lowest BCUT2D eigenvalue weighted by atomic mass is 10.1. The van der Waals surface area contributed by atoms with E-state index in [9.17, 15) is 13.2 Å². The molecule has 1 fully saturated rings. The first-order valence-corrected chi connectivity index (χ1v) is 10.7. The van der Waals surface area contributed by atoms with Crippen molar-refractivity contribution in [3.05, 3.63) is 47.8 Å². The van der Waals surface area contributed by atoms with Gasteiger partial charge in [0.1, 0.15) is 11.7 Å². The summed E-state index contributed by atoms with van der Waals surface area (Å²) >= 11 is 0. The van der Waals surface area contributed by atoms with Crippen LogP contribution in [0.1, 0.15) is 5.56 Å². The van der Waals surface area contributed by atoms with Gasteiger partial charge in [0, 0.05) is 38.6 Å². The van der Waals surface area contributed by atoms with Gasteiger partial charge in [0.25, 0.3) is 15.9 Å². The van der Waals surface area contributed by atoms with Crippen LogP contribution in [0, 0.1) is 0 Å². The summed E-state index contributed by atoms with van der Waals surface area (Å²) in [5.74, 6) is 0.930. The van der Waals surface area contributed by atoms with Gasteiger partial charge in [-0.15, -0.1) is 4.40 Å². The number of nitrogens with one attached hydrogen (secondary N) is 1. The number of nitrogens with zero attached hydrogens (tertiary/aromatic N) is 4. The Morgan fingerprint density at radius 1 is 1.21 bits per heavy atom. The zero-order chi connectivity index (χ0) is 19.6. The topological polar surface area (TPSA) is 104 Å². The number of amides is 1. The summed E-state index contributed by atoms with van der Waals surface area (Å²) in [7, 11) is -3.40. The summed E-state index contributed by atoms with van der Waals surface area (Å²) in [6.07, 6.45) is 6.50. The molecular weight excluding hydrogens is 382 g/mol. The molecule has 1 amide bonds. The lowest BCUT2D eigenvalue weighted by Crippen LogP contribution is -2.38. The number of anilines is 1. The molecule has 28 heavy (non-hydrogen) atoms. The van der Waals surface area contributed by atoms with Gasteiger partial charge in [0.15, 0.2) is 0 Å². The maximum atomic E-state index is 12.5. The molecule has 0 atom stereocenters. The Morgan fingerprint density at radius 3 is 2.86 bits per heavy atom. The fourth-order valence-corrected chi connectivity index (χ4v) is 4.13. The lowest BCUT2D eigenvalue weighted by molar-refractivity contribution is -0.117. The Hall–Kier alpha value is -2.72. The quantitative estimate of drug-likeness (QED) is 0.756. The highest BCUT2D eigenvalue weighted by Crippen LogP contribution is 2.17. The number of hydrogen-bond acceptors (Lipinski definition) is 7. The number of sulfonamides is 1.